The van der Waals surface area contributed by atoms with Crippen molar-refractivity contribution in [3.8, 4) is 6.07 Å². The zero-order valence-electron chi connectivity index (χ0n) is 15.4. The van der Waals surface area contributed by atoms with Crippen LogP contribution in [-0.2, 0) is 9.84 Å². The summed E-state index contributed by atoms with van der Waals surface area (Å²) in [6.45, 7) is 1.91. The summed E-state index contributed by atoms with van der Waals surface area (Å²) < 4.78 is 26.0. The first-order valence-corrected chi connectivity index (χ1v) is 11.1. The number of para-hydroxylation sites is 2. The highest BCUT2D eigenvalue weighted by Crippen LogP contribution is 2.30. The normalized spacial score (nSPS) is 20.6. The van der Waals surface area contributed by atoms with Crippen LogP contribution >= 0.6 is 0 Å². The van der Waals surface area contributed by atoms with Crippen molar-refractivity contribution in [3.63, 3.8) is 0 Å². The summed E-state index contributed by atoms with van der Waals surface area (Å²) in [6.07, 6.45) is 4.48. The van der Waals surface area contributed by atoms with E-state index in [0.717, 1.165) is 41.7 Å². The van der Waals surface area contributed by atoms with Crippen molar-refractivity contribution in [2.45, 2.75) is 43.9 Å². The van der Waals surface area contributed by atoms with Crippen LogP contribution in [0.5, 0.6) is 0 Å². The van der Waals surface area contributed by atoms with Crippen LogP contribution in [0.15, 0.2) is 30.3 Å². The molecular weight excluding hydrogens is 360 g/mol. The molecule has 7 heteroatoms. The standard InChI is InChI=1S/C20H22N4O2S/c1-13-10-19(22-14-6-5-7-15(11-14)27(2,25)26)24-18-9-4-3-8-17(18)23-20(24)16(13)12-21/h3-4,8-10,14-15,22H,5-7,11H2,1-2H3. The Balaban J connectivity index is 1.81. The van der Waals surface area contributed by atoms with E-state index < -0.39 is 9.84 Å². The predicted molar refractivity (Wildman–Crippen MR) is 107 cm³/mol. The van der Waals surface area contributed by atoms with Gasteiger partial charge in [-0.1, -0.05) is 18.6 Å². The number of benzene rings is 1. The number of nitrogens with one attached hydrogen (secondary N) is 1. The van der Waals surface area contributed by atoms with Crippen LogP contribution in [0.3, 0.4) is 0 Å². The van der Waals surface area contributed by atoms with Gasteiger partial charge in [-0.3, -0.25) is 4.40 Å². The minimum atomic E-state index is -3.04. The van der Waals surface area contributed by atoms with Gasteiger partial charge in [-0.15, -0.1) is 0 Å². The van der Waals surface area contributed by atoms with Gasteiger partial charge < -0.3 is 5.32 Å². The van der Waals surface area contributed by atoms with Gasteiger partial charge in [0.05, 0.1) is 21.8 Å². The smallest absolute Gasteiger partial charge is 0.157 e. The van der Waals surface area contributed by atoms with E-state index in [4.69, 9.17) is 0 Å². The SMILES string of the molecule is Cc1cc(NC2CCCC(S(C)(=O)=O)C2)n2c(nc3ccccc32)c1C#N. The van der Waals surface area contributed by atoms with Crippen LogP contribution < -0.4 is 5.32 Å². The Hall–Kier alpha value is -2.59. The number of aromatic nitrogens is 2. The molecular formula is C20H22N4O2S. The molecule has 3 aromatic rings. The van der Waals surface area contributed by atoms with Crippen molar-refractivity contribution >= 4 is 32.3 Å². The molecule has 6 nitrogen and oxygen atoms in total. The van der Waals surface area contributed by atoms with Crippen LogP contribution in [0.4, 0.5) is 5.82 Å². The fourth-order valence-electron chi connectivity index (χ4n) is 4.07. The molecule has 2 aromatic heterocycles. The number of hydrogen-bond donors (Lipinski definition) is 1. The molecule has 0 saturated heterocycles. The third kappa shape index (κ3) is 3.15. The lowest BCUT2D eigenvalue weighted by molar-refractivity contribution is 0.452. The highest BCUT2D eigenvalue weighted by Gasteiger charge is 2.29. The van der Waals surface area contributed by atoms with E-state index >= 15 is 0 Å². The lowest BCUT2D eigenvalue weighted by atomic mass is 9.95. The molecule has 4 rings (SSSR count). The average molecular weight is 382 g/mol. The van der Waals surface area contributed by atoms with Crippen LogP contribution in [0, 0.1) is 18.3 Å². The molecule has 2 heterocycles. The first kappa shape index (κ1) is 17.8. The van der Waals surface area contributed by atoms with E-state index in [1.54, 1.807) is 0 Å². The molecule has 2 unspecified atom stereocenters. The summed E-state index contributed by atoms with van der Waals surface area (Å²) in [5, 5.41) is 12.8. The van der Waals surface area contributed by atoms with E-state index in [1.807, 2.05) is 41.7 Å². The maximum absolute atomic E-state index is 12.0. The fraction of sp³-hybridized carbons (Fsp3) is 0.400. The topological polar surface area (TPSA) is 87.3 Å². The van der Waals surface area contributed by atoms with E-state index in [2.05, 4.69) is 16.4 Å². The Morgan fingerprint density at radius 1 is 1.30 bits per heavy atom. The van der Waals surface area contributed by atoms with Crippen molar-refractivity contribution in [1.82, 2.24) is 9.38 Å². The Morgan fingerprint density at radius 3 is 2.81 bits per heavy atom. The first-order chi connectivity index (χ1) is 12.9. The number of fused-ring (bicyclic) bond motifs is 3. The molecule has 2 atom stereocenters. The Kier molecular flexibility index (Phi) is 4.31. The van der Waals surface area contributed by atoms with E-state index in [1.165, 1.54) is 6.26 Å². The monoisotopic (exact) mass is 382 g/mol. The molecule has 0 bridgehead atoms. The van der Waals surface area contributed by atoms with Crippen LogP contribution in [0.1, 0.15) is 36.8 Å². The van der Waals surface area contributed by atoms with Crippen LogP contribution in [0.2, 0.25) is 0 Å². The Bertz CT molecular complexity index is 1170. The molecule has 1 aliphatic carbocycles. The van der Waals surface area contributed by atoms with Crippen molar-refractivity contribution in [3.05, 3.63) is 41.5 Å². The number of nitrogens with zero attached hydrogens (tertiary/aromatic N) is 3. The van der Waals surface area contributed by atoms with Crippen molar-refractivity contribution in [2.75, 3.05) is 11.6 Å². The summed E-state index contributed by atoms with van der Waals surface area (Å²) in [4.78, 5) is 4.66. The highest BCUT2D eigenvalue weighted by atomic mass is 32.2. The van der Waals surface area contributed by atoms with Gasteiger partial charge in [-0.2, -0.15) is 5.26 Å². The van der Waals surface area contributed by atoms with Crippen LogP contribution in [0.25, 0.3) is 16.7 Å². The number of pyridine rings is 1. The van der Waals surface area contributed by atoms with E-state index in [9.17, 15) is 13.7 Å². The Labute approximate surface area is 158 Å². The summed E-state index contributed by atoms with van der Waals surface area (Å²) in [6, 6.07) is 12.1. The lowest BCUT2D eigenvalue weighted by Crippen LogP contribution is -2.34. The summed E-state index contributed by atoms with van der Waals surface area (Å²) in [5.74, 6) is 0.856. The molecule has 0 amide bonds. The third-order valence-electron chi connectivity index (χ3n) is 5.47. The van der Waals surface area contributed by atoms with Gasteiger partial charge in [-0.05, 0) is 49.9 Å². The zero-order chi connectivity index (χ0) is 19.2. The third-order valence-corrected chi connectivity index (χ3v) is 7.11. The minimum absolute atomic E-state index is 0.0789. The van der Waals surface area contributed by atoms with Crippen molar-refractivity contribution in [1.29, 1.82) is 5.26 Å². The van der Waals surface area contributed by atoms with Gasteiger partial charge in [0.25, 0.3) is 0 Å². The summed E-state index contributed by atoms with van der Waals surface area (Å²) >= 11 is 0. The van der Waals surface area contributed by atoms with Gasteiger partial charge in [0, 0.05) is 12.3 Å². The predicted octanol–water partition coefficient (Wildman–Crippen LogP) is 3.44. The van der Waals surface area contributed by atoms with Crippen molar-refractivity contribution < 1.29 is 8.42 Å². The van der Waals surface area contributed by atoms with Gasteiger partial charge in [0.1, 0.15) is 21.7 Å². The number of aryl methyl sites for hydroxylation is 1. The molecule has 0 spiro atoms. The lowest BCUT2D eigenvalue weighted by Gasteiger charge is -2.29. The molecule has 140 valence electrons. The quantitative estimate of drug-likeness (QED) is 0.750. The maximum atomic E-state index is 12.0. The van der Waals surface area contributed by atoms with Gasteiger partial charge in [0.2, 0.25) is 0 Å². The zero-order valence-corrected chi connectivity index (χ0v) is 16.3. The van der Waals surface area contributed by atoms with Gasteiger partial charge >= 0.3 is 0 Å². The fourth-order valence-corrected chi connectivity index (χ4v) is 5.25. The second-order valence-corrected chi connectivity index (χ2v) is 9.74. The number of sulfone groups is 1. The Morgan fingerprint density at radius 2 is 2.07 bits per heavy atom. The number of nitriles is 1. The molecule has 1 saturated carbocycles. The number of rotatable bonds is 3. The average Bonchev–Trinajstić information content (AvgIpc) is 3.01. The van der Waals surface area contributed by atoms with Crippen LogP contribution in [-0.4, -0.2) is 35.4 Å². The molecule has 27 heavy (non-hydrogen) atoms. The molecule has 0 aliphatic heterocycles. The molecule has 1 aromatic carbocycles. The summed E-state index contributed by atoms with van der Waals surface area (Å²) in [7, 11) is -3.04. The maximum Gasteiger partial charge on any atom is 0.157 e. The van der Waals surface area contributed by atoms with Gasteiger partial charge in [0.15, 0.2) is 5.65 Å². The largest absolute Gasteiger partial charge is 0.368 e. The number of imidazole rings is 1. The number of anilines is 1. The number of hydrogen-bond acceptors (Lipinski definition) is 5. The van der Waals surface area contributed by atoms with E-state index in [0.29, 0.717) is 17.6 Å². The molecule has 1 aliphatic rings. The van der Waals surface area contributed by atoms with E-state index in [-0.39, 0.29) is 11.3 Å². The van der Waals surface area contributed by atoms with Crippen molar-refractivity contribution in [2.24, 2.45) is 0 Å². The second-order valence-electron chi connectivity index (χ2n) is 7.42. The second kappa shape index (κ2) is 6.54. The molecule has 0 radical (unpaired) electrons. The first-order valence-electron chi connectivity index (χ1n) is 9.15. The molecule has 1 N–H and O–H groups in total. The van der Waals surface area contributed by atoms with Gasteiger partial charge in [-0.25, -0.2) is 13.4 Å². The summed E-state index contributed by atoms with van der Waals surface area (Å²) in [5.41, 5.74) is 3.83. The molecule has 1 fully saturated rings. The highest BCUT2D eigenvalue weighted by molar-refractivity contribution is 7.91. The minimum Gasteiger partial charge on any atom is -0.368 e.